The molecule has 10 heavy (non-hydrogen) atoms. The van der Waals surface area contributed by atoms with E-state index in [0.29, 0.717) is 12.3 Å². The van der Waals surface area contributed by atoms with E-state index < -0.39 is 4.81 Å². The molecule has 0 spiro atoms. The highest BCUT2D eigenvalue weighted by Gasteiger charge is 2.30. The molecule has 58 valence electrons. The molecule has 0 atom stereocenters. The van der Waals surface area contributed by atoms with Gasteiger partial charge in [-0.05, 0) is 0 Å². The van der Waals surface area contributed by atoms with Gasteiger partial charge in [0.25, 0.3) is 5.84 Å². The summed E-state index contributed by atoms with van der Waals surface area (Å²) < 4.78 is 0. The summed E-state index contributed by atoms with van der Waals surface area (Å²) in [4.78, 5) is 2.55. The summed E-state index contributed by atoms with van der Waals surface area (Å²) in [6.45, 7) is 1.81. The van der Waals surface area contributed by atoms with E-state index in [1.165, 1.54) is 12.4 Å². The zero-order valence-electron chi connectivity index (χ0n) is 5.53. The monoisotopic (exact) mass is 164 g/mol. The van der Waals surface area contributed by atoms with Gasteiger partial charge in [0, 0.05) is 11.2 Å². The maximum Gasteiger partial charge on any atom is 0.274 e. The molecular weight excluding hydrogens is 156 g/mol. The molecule has 0 aromatic heterocycles. The van der Waals surface area contributed by atoms with Crippen LogP contribution in [0.4, 0.5) is 0 Å². The van der Waals surface area contributed by atoms with Gasteiger partial charge in [-0.15, -0.1) is 0 Å². The highest BCUT2D eigenvalue weighted by molar-refractivity contribution is 5.76. The fraction of sp³-hybridized carbons (Fsp3) is 0.400. The van der Waals surface area contributed by atoms with Gasteiger partial charge in [0.2, 0.25) is 0 Å². The van der Waals surface area contributed by atoms with Crippen molar-refractivity contribution < 1.29 is 27.6 Å². The van der Waals surface area contributed by atoms with Crippen LogP contribution in [-0.2, 0) is 0 Å². The fourth-order valence-electron chi connectivity index (χ4n) is 0.707. The van der Waals surface area contributed by atoms with E-state index in [1.807, 2.05) is 6.92 Å². The third-order valence-electron chi connectivity index (χ3n) is 1.19. The largest absolute Gasteiger partial charge is 1.00 e. The van der Waals surface area contributed by atoms with Crippen molar-refractivity contribution in [2.75, 3.05) is 0 Å². The summed E-state index contributed by atoms with van der Waals surface area (Å²) in [5, 5.41) is 17.9. The van der Waals surface area contributed by atoms with Gasteiger partial charge in [-0.25, -0.2) is 0 Å². The van der Waals surface area contributed by atoms with Crippen molar-refractivity contribution in [1.82, 2.24) is 0 Å². The van der Waals surface area contributed by atoms with Gasteiger partial charge in [0.15, 0.2) is 6.20 Å². The minimum Gasteiger partial charge on any atom is -1.00 e. The Kier molecular flexibility index (Phi) is 2.98. The second-order valence-corrected chi connectivity index (χ2v) is 1.85. The zero-order valence-corrected chi connectivity index (χ0v) is 6.28. The lowest BCUT2D eigenvalue weighted by atomic mass is 10.4. The normalized spacial score (nSPS) is 20.1. The van der Waals surface area contributed by atoms with E-state index in [2.05, 4.69) is 4.99 Å². The second kappa shape index (κ2) is 3.12. The van der Waals surface area contributed by atoms with Crippen LogP contribution < -0.4 is 12.4 Å². The molecule has 1 aliphatic heterocycles. The van der Waals surface area contributed by atoms with Crippen LogP contribution in [0, 0.1) is 0 Å². The van der Waals surface area contributed by atoms with Crippen molar-refractivity contribution in [3.8, 4) is 0 Å². The molecule has 0 unspecified atom stereocenters. The molecule has 4 nitrogen and oxygen atoms in total. The first-order valence-electron chi connectivity index (χ1n) is 2.76. The molecule has 0 aromatic rings. The zero-order chi connectivity index (χ0) is 6.91. The quantitative estimate of drug-likeness (QED) is 0.436. The Balaban J connectivity index is 0.000000810. The van der Waals surface area contributed by atoms with E-state index in [9.17, 15) is 0 Å². The standard InChI is InChI=1S/C5H9N2O2.ClH/c1-2-5-6-3-4-7(5,8)9;/h3-4,8-9H,2H2,1H3;1H/q+1;/p-1. The second-order valence-electron chi connectivity index (χ2n) is 1.85. The highest BCUT2D eigenvalue weighted by Crippen LogP contribution is 2.10. The minimum absolute atomic E-state index is 0. The van der Waals surface area contributed by atoms with Gasteiger partial charge in [-0.3, -0.25) is 0 Å². The first-order valence-corrected chi connectivity index (χ1v) is 2.76. The molecular formula is C5H9ClN2O2. The van der Waals surface area contributed by atoms with Gasteiger partial charge in [-0.2, -0.15) is 15.4 Å². The topological polar surface area (TPSA) is 52.8 Å². The first kappa shape index (κ1) is 9.58. The van der Waals surface area contributed by atoms with Crippen LogP contribution in [0.2, 0.25) is 0 Å². The van der Waals surface area contributed by atoms with Gasteiger partial charge in [0.1, 0.15) is 0 Å². The molecule has 0 bridgehead atoms. The number of hydroxylamine groups is 4. The number of hydrogen-bond acceptors (Lipinski definition) is 3. The van der Waals surface area contributed by atoms with Crippen molar-refractivity contribution >= 4 is 5.84 Å². The molecule has 5 heteroatoms. The molecule has 1 heterocycles. The van der Waals surface area contributed by atoms with Crippen LogP contribution in [0.3, 0.4) is 0 Å². The predicted octanol–water partition coefficient (Wildman–Crippen LogP) is -2.12. The maximum atomic E-state index is 8.93. The number of nitrogens with zero attached hydrogens (tertiary/aromatic N) is 2. The van der Waals surface area contributed by atoms with Crippen LogP contribution in [0.1, 0.15) is 13.3 Å². The fourth-order valence-corrected chi connectivity index (χ4v) is 0.707. The maximum absolute atomic E-state index is 8.93. The van der Waals surface area contributed by atoms with Crippen LogP contribution in [-0.4, -0.2) is 21.1 Å². The van der Waals surface area contributed by atoms with E-state index in [0.717, 1.165) is 0 Å². The lowest BCUT2D eigenvalue weighted by Crippen LogP contribution is -3.00. The number of quaternary nitrogens is 1. The van der Waals surface area contributed by atoms with Crippen molar-refractivity contribution in [3.05, 3.63) is 12.4 Å². The van der Waals surface area contributed by atoms with Crippen molar-refractivity contribution in [3.63, 3.8) is 0 Å². The van der Waals surface area contributed by atoms with E-state index in [1.54, 1.807) is 0 Å². The Labute approximate surface area is 65.0 Å². The lowest BCUT2D eigenvalue weighted by Gasteiger charge is -2.10. The average Bonchev–Trinajstić information content (AvgIpc) is 2.08. The Hall–Kier alpha value is -0.420. The SMILES string of the molecule is CCC1=NC=C[N+]1(O)O.[Cl-]. The molecule has 2 N–H and O–H groups in total. The van der Waals surface area contributed by atoms with Gasteiger partial charge < -0.3 is 12.4 Å². The predicted molar refractivity (Wildman–Crippen MR) is 30.7 cm³/mol. The van der Waals surface area contributed by atoms with Gasteiger partial charge in [0.05, 0.1) is 6.20 Å². The molecule has 0 radical (unpaired) electrons. The molecule has 0 fully saturated rings. The Bertz CT molecular complexity index is 176. The van der Waals surface area contributed by atoms with Gasteiger partial charge >= 0.3 is 0 Å². The number of halogens is 1. The number of hydrogen-bond donors (Lipinski definition) is 2. The van der Waals surface area contributed by atoms with Gasteiger partial charge in [-0.1, -0.05) is 6.92 Å². The Morgan fingerprint density at radius 1 is 1.60 bits per heavy atom. The number of aliphatic imine (C=N–C) groups is 1. The number of rotatable bonds is 1. The van der Waals surface area contributed by atoms with E-state index in [-0.39, 0.29) is 12.4 Å². The first-order chi connectivity index (χ1) is 4.17. The molecule has 0 aliphatic carbocycles. The molecule has 0 amide bonds. The van der Waals surface area contributed by atoms with Crippen molar-refractivity contribution in [2.45, 2.75) is 13.3 Å². The summed E-state index contributed by atoms with van der Waals surface area (Å²) in [5.41, 5.74) is 0. The van der Waals surface area contributed by atoms with Crippen molar-refractivity contribution in [2.24, 2.45) is 4.99 Å². The van der Waals surface area contributed by atoms with Crippen LogP contribution in [0.5, 0.6) is 0 Å². The smallest absolute Gasteiger partial charge is 0.274 e. The molecule has 1 rings (SSSR count). The molecule has 0 saturated carbocycles. The third kappa shape index (κ3) is 1.54. The molecule has 0 saturated heterocycles. The minimum atomic E-state index is -1.17. The molecule has 0 aromatic carbocycles. The number of amidine groups is 1. The lowest BCUT2D eigenvalue weighted by molar-refractivity contribution is -1.15. The summed E-state index contributed by atoms with van der Waals surface area (Å²) in [5.74, 6) is 0.343. The highest BCUT2D eigenvalue weighted by atomic mass is 35.5. The Morgan fingerprint density at radius 2 is 2.20 bits per heavy atom. The summed E-state index contributed by atoms with van der Waals surface area (Å²) in [7, 11) is 0. The summed E-state index contributed by atoms with van der Waals surface area (Å²) in [6, 6.07) is 0. The van der Waals surface area contributed by atoms with Crippen LogP contribution >= 0.6 is 0 Å². The van der Waals surface area contributed by atoms with E-state index in [4.69, 9.17) is 10.4 Å². The third-order valence-corrected chi connectivity index (χ3v) is 1.19. The van der Waals surface area contributed by atoms with Crippen molar-refractivity contribution in [1.29, 1.82) is 0 Å². The molecule has 1 aliphatic rings. The van der Waals surface area contributed by atoms with E-state index >= 15 is 0 Å². The average molecular weight is 165 g/mol. The summed E-state index contributed by atoms with van der Waals surface area (Å²) >= 11 is 0. The summed E-state index contributed by atoms with van der Waals surface area (Å²) in [6.07, 6.45) is 3.11. The Morgan fingerprint density at radius 3 is 2.40 bits per heavy atom. The van der Waals surface area contributed by atoms with Crippen LogP contribution in [0.15, 0.2) is 17.4 Å². The van der Waals surface area contributed by atoms with Crippen LogP contribution in [0.25, 0.3) is 0 Å².